The SMILES string of the molecule is O=C(Cc1ccc(O)cc1)Nc1cc(Cl)ncn1. The van der Waals surface area contributed by atoms with Crippen LogP contribution >= 0.6 is 11.6 Å². The lowest BCUT2D eigenvalue weighted by Crippen LogP contribution is -2.15. The number of amides is 1. The highest BCUT2D eigenvalue weighted by Gasteiger charge is 2.05. The van der Waals surface area contributed by atoms with Gasteiger partial charge >= 0.3 is 0 Å². The van der Waals surface area contributed by atoms with Crippen molar-refractivity contribution in [2.24, 2.45) is 0 Å². The zero-order valence-electron chi connectivity index (χ0n) is 9.30. The van der Waals surface area contributed by atoms with Crippen LogP contribution in [0.15, 0.2) is 36.7 Å². The Hall–Kier alpha value is -2.14. The summed E-state index contributed by atoms with van der Waals surface area (Å²) in [5.41, 5.74) is 0.797. The minimum absolute atomic E-state index is 0.168. The zero-order valence-corrected chi connectivity index (χ0v) is 10.1. The molecule has 18 heavy (non-hydrogen) atoms. The van der Waals surface area contributed by atoms with E-state index < -0.39 is 0 Å². The van der Waals surface area contributed by atoms with Crippen LogP contribution in [0.1, 0.15) is 5.56 Å². The second-order valence-electron chi connectivity index (χ2n) is 3.62. The summed E-state index contributed by atoms with van der Waals surface area (Å²) in [4.78, 5) is 19.3. The van der Waals surface area contributed by atoms with Gasteiger partial charge in [0, 0.05) is 6.07 Å². The fourth-order valence-corrected chi connectivity index (χ4v) is 1.54. The number of benzene rings is 1. The van der Waals surface area contributed by atoms with Crippen LogP contribution in [0.3, 0.4) is 0 Å². The van der Waals surface area contributed by atoms with Gasteiger partial charge < -0.3 is 10.4 Å². The predicted octanol–water partition coefficient (Wildman–Crippen LogP) is 2.02. The lowest BCUT2D eigenvalue weighted by Gasteiger charge is -2.04. The second kappa shape index (κ2) is 5.46. The van der Waals surface area contributed by atoms with E-state index in [-0.39, 0.29) is 23.2 Å². The van der Waals surface area contributed by atoms with E-state index in [9.17, 15) is 4.79 Å². The Labute approximate surface area is 108 Å². The van der Waals surface area contributed by atoms with Crippen LogP contribution in [0, 0.1) is 0 Å². The monoisotopic (exact) mass is 263 g/mol. The van der Waals surface area contributed by atoms with Gasteiger partial charge in [0.15, 0.2) is 0 Å². The number of carbonyl (C=O) groups excluding carboxylic acids is 1. The predicted molar refractivity (Wildman–Crippen MR) is 67.5 cm³/mol. The summed E-state index contributed by atoms with van der Waals surface area (Å²) in [6.07, 6.45) is 1.47. The van der Waals surface area contributed by atoms with E-state index in [1.165, 1.54) is 24.5 Å². The van der Waals surface area contributed by atoms with Gasteiger partial charge in [0.05, 0.1) is 6.42 Å². The molecule has 0 saturated heterocycles. The molecule has 0 spiro atoms. The summed E-state index contributed by atoms with van der Waals surface area (Å²) < 4.78 is 0. The Kier molecular flexibility index (Phi) is 3.74. The molecule has 1 aromatic heterocycles. The van der Waals surface area contributed by atoms with Crippen molar-refractivity contribution in [3.8, 4) is 5.75 Å². The summed E-state index contributed by atoms with van der Waals surface area (Å²) in [5, 5.41) is 12.0. The molecule has 5 nitrogen and oxygen atoms in total. The maximum atomic E-state index is 11.7. The van der Waals surface area contributed by atoms with Crippen LogP contribution in [0.25, 0.3) is 0 Å². The molecule has 6 heteroatoms. The third kappa shape index (κ3) is 3.43. The minimum Gasteiger partial charge on any atom is -0.508 e. The van der Waals surface area contributed by atoms with Gasteiger partial charge in [0.1, 0.15) is 23.0 Å². The Morgan fingerprint density at radius 1 is 1.28 bits per heavy atom. The topological polar surface area (TPSA) is 75.1 Å². The number of hydrogen-bond acceptors (Lipinski definition) is 4. The van der Waals surface area contributed by atoms with Crippen LogP contribution in [0.4, 0.5) is 5.82 Å². The molecule has 92 valence electrons. The number of carbonyl (C=O) groups is 1. The highest BCUT2D eigenvalue weighted by molar-refractivity contribution is 6.29. The summed E-state index contributed by atoms with van der Waals surface area (Å²) in [7, 11) is 0. The first-order valence-corrected chi connectivity index (χ1v) is 5.56. The van der Waals surface area contributed by atoms with E-state index in [1.807, 2.05) is 0 Å². The van der Waals surface area contributed by atoms with Crippen LogP contribution in [-0.4, -0.2) is 21.0 Å². The van der Waals surface area contributed by atoms with E-state index in [2.05, 4.69) is 15.3 Å². The van der Waals surface area contributed by atoms with Crippen LogP contribution in [0.5, 0.6) is 5.75 Å². The number of phenols is 1. The molecule has 2 rings (SSSR count). The van der Waals surface area contributed by atoms with Gasteiger partial charge in [0.25, 0.3) is 0 Å². The molecular formula is C12H10ClN3O2. The van der Waals surface area contributed by atoms with E-state index in [0.717, 1.165) is 5.56 Å². The molecule has 1 heterocycles. The van der Waals surface area contributed by atoms with Crippen molar-refractivity contribution in [1.29, 1.82) is 0 Å². The van der Waals surface area contributed by atoms with Crippen molar-refractivity contribution in [3.63, 3.8) is 0 Å². The quantitative estimate of drug-likeness (QED) is 0.831. The zero-order chi connectivity index (χ0) is 13.0. The van der Waals surface area contributed by atoms with Gasteiger partial charge in [-0.2, -0.15) is 0 Å². The highest BCUT2D eigenvalue weighted by Crippen LogP contribution is 2.12. The van der Waals surface area contributed by atoms with Crippen molar-refractivity contribution in [3.05, 3.63) is 47.4 Å². The lowest BCUT2D eigenvalue weighted by atomic mass is 10.1. The number of halogens is 1. The highest BCUT2D eigenvalue weighted by atomic mass is 35.5. The molecule has 2 aromatic rings. The maximum absolute atomic E-state index is 11.7. The molecule has 0 radical (unpaired) electrons. The molecule has 0 aliphatic carbocycles. The first-order valence-electron chi connectivity index (χ1n) is 5.19. The number of hydrogen-bond donors (Lipinski definition) is 2. The Morgan fingerprint density at radius 2 is 2.00 bits per heavy atom. The Morgan fingerprint density at radius 3 is 2.67 bits per heavy atom. The average Bonchev–Trinajstić information content (AvgIpc) is 2.32. The van der Waals surface area contributed by atoms with Crippen LogP contribution in [0.2, 0.25) is 5.15 Å². The van der Waals surface area contributed by atoms with Gasteiger partial charge in [-0.05, 0) is 17.7 Å². The van der Waals surface area contributed by atoms with Crippen LogP contribution in [-0.2, 0) is 11.2 Å². The van der Waals surface area contributed by atoms with Gasteiger partial charge in [-0.3, -0.25) is 4.79 Å². The molecule has 0 saturated carbocycles. The van der Waals surface area contributed by atoms with Crippen molar-refractivity contribution in [1.82, 2.24) is 9.97 Å². The lowest BCUT2D eigenvalue weighted by molar-refractivity contribution is -0.115. The first kappa shape index (κ1) is 12.3. The van der Waals surface area contributed by atoms with Gasteiger partial charge in [-0.1, -0.05) is 23.7 Å². The van der Waals surface area contributed by atoms with Crippen molar-refractivity contribution in [2.45, 2.75) is 6.42 Å². The number of aromatic nitrogens is 2. The fraction of sp³-hybridized carbons (Fsp3) is 0.0833. The van der Waals surface area contributed by atoms with Crippen molar-refractivity contribution in [2.75, 3.05) is 5.32 Å². The minimum atomic E-state index is -0.213. The molecule has 2 N–H and O–H groups in total. The molecule has 1 aromatic carbocycles. The van der Waals surface area contributed by atoms with E-state index in [4.69, 9.17) is 16.7 Å². The van der Waals surface area contributed by atoms with Crippen molar-refractivity contribution >= 4 is 23.3 Å². The molecule has 0 aliphatic heterocycles. The number of anilines is 1. The molecule has 1 amide bonds. The molecule has 0 unspecified atom stereocenters. The molecule has 0 aliphatic rings. The number of nitrogens with zero attached hydrogens (tertiary/aromatic N) is 2. The van der Waals surface area contributed by atoms with E-state index in [0.29, 0.717) is 5.82 Å². The summed E-state index contributed by atoms with van der Waals surface area (Å²) in [6, 6.07) is 7.90. The third-order valence-corrected chi connectivity index (χ3v) is 2.41. The fourth-order valence-electron chi connectivity index (χ4n) is 1.39. The summed E-state index contributed by atoms with van der Waals surface area (Å²) >= 11 is 5.68. The van der Waals surface area contributed by atoms with Gasteiger partial charge in [-0.15, -0.1) is 0 Å². The average molecular weight is 264 g/mol. The van der Waals surface area contributed by atoms with Crippen molar-refractivity contribution < 1.29 is 9.90 Å². The number of rotatable bonds is 3. The number of nitrogens with one attached hydrogen (secondary N) is 1. The summed E-state index contributed by atoms with van der Waals surface area (Å²) in [6.45, 7) is 0. The number of phenolic OH excluding ortho intramolecular Hbond substituents is 1. The molecular weight excluding hydrogens is 254 g/mol. The summed E-state index contributed by atoms with van der Waals surface area (Å²) in [5.74, 6) is 0.316. The first-order chi connectivity index (χ1) is 8.63. The van der Waals surface area contributed by atoms with Gasteiger partial charge in [0.2, 0.25) is 5.91 Å². The largest absolute Gasteiger partial charge is 0.508 e. The Balaban J connectivity index is 1.98. The maximum Gasteiger partial charge on any atom is 0.229 e. The number of aromatic hydroxyl groups is 1. The molecule has 0 atom stereocenters. The van der Waals surface area contributed by atoms with Crippen LogP contribution < -0.4 is 5.32 Å². The molecule has 0 fully saturated rings. The smallest absolute Gasteiger partial charge is 0.229 e. The molecule has 0 bridgehead atoms. The second-order valence-corrected chi connectivity index (χ2v) is 4.00. The Bertz CT molecular complexity index is 558. The normalized spacial score (nSPS) is 10.1. The van der Waals surface area contributed by atoms with E-state index in [1.54, 1.807) is 12.1 Å². The van der Waals surface area contributed by atoms with Gasteiger partial charge in [-0.25, -0.2) is 9.97 Å². The third-order valence-electron chi connectivity index (χ3n) is 2.20. The standard InChI is InChI=1S/C12H10ClN3O2/c13-10-6-11(15-7-14-10)16-12(18)5-8-1-3-9(17)4-2-8/h1-4,6-7,17H,5H2,(H,14,15,16,18). The van der Waals surface area contributed by atoms with E-state index >= 15 is 0 Å².